The van der Waals surface area contributed by atoms with E-state index in [2.05, 4.69) is 0 Å². The van der Waals surface area contributed by atoms with Gasteiger partial charge in [-0.1, -0.05) is 0 Å². The highest BCUT2D eigenvalue weighted by molar-refractivity contribution is 5.83. The smallest absolute Gasteiger partial charge is 0.394 e. The number of alkyl halides is 3. The largest absolute Gasteiger partial charge is 0.480 e. The minimum absolute atomic E-state index is 0.508. The van der Waals surface area contributed by atoms with Crippen LogP contribution < -0.4 is 5.73 Å². The van der Waals surface area contributed by atoms with Crippen molar-refractivity contribution < 1.29 is 23.1 Å². The Kier molecular flexibility index (Phi) is 1.42. The second-order valence-corrected chi connectivity index (χ2v) is 2.64. The van der Waals surface area contributed by atoms with E-state index in [9.17, 15) is 18.0 Å². The number of carbonyl (C=O) groups is 1. The first-order valence-corrected chi connectivity index (χ1v) is 2.87. The van der Waals surface area contributed by atoms with Gasteiger partial charge in [-0.2, -0.15) is 13.2 Å². The minimum atomic E-state index is -4.48. The highest BCUT2D eigenvalue weighted by Crippen LogP contribution is 2.51. The van der Waals surface area contributed by atoms with Crippen molar-refractivity contribution in [3.63, 3.8) is 0 Å². The molecule has 1 saturated carbocycles. The summed E-state index contributed by atoms with van der Waals surface area (Å²) in [5.74, 6) is -3.45. The standard InChI is InChI=1S/C5H6F3NO2/c6-5(7,8)2-1-4(2,9)3(10)11/h2H,1,9H2,(H,10,11). The maximum Gasteiger partial charge on any atom is 0.394 e. The molecule has 0 aromatic rings. The molecular weight excluding hydrogens is 163 g/mol. The summed E-state index contributed by atoms with van der Waals surface area (Å²) in [5.41, 5.74) is 2.84. The monoisotopic (exact) mass is 169 g/mol. The summed E-state index contributed by atoms with van der Waals surface area (Å²) >= 11 is 0. The number of hydrogen-bond acceptors (Lipinski definition) is 2. The second-order valence-electron chi connectivity index (χ2n) is 2.64. The maximum absolute atomic E-state index is 11.8. The molecule has 1 aliphatic carbocycles. The van der Waals surface area contributed by atoms with Crippen LogP contribution in [0.3, 0.4) is 0 Å². The van der Waals surface area contributed by atoms with E-state index in [0.29, 0.717) is 0 Å². The van der Waals surface area contributed by atoms with Crippen molar-refractivity contribution in [2.24, 2.45) is 11.7 Å². The van der Waals surface area contributed by atoms with Gasteiger partial charge in [-0.3, -0.25) is 4.79 Å². The van der Waals surface area contributed by atoms with Crippen molar-refractivity contribution >= 4 is 5.97 Å². The van der Waals surface area contributed by atoms with E-state index in [1.165, 1.54) is 0 Å². The Bertz CT molecular complexity index is 202. The summed E-state index contributed by atoms with van der Waals surface area (Å²) in [6.07, 6.45) is -4.99. The number of carboxylic acids is 1. The minimum Gasteiger partial charge on any atom is -0.480 e. The molecule has 0 saturated heterocycles. The summed E-state index contributed by atoms with van der Waals surface area (Å²) in [6.45, 7) is 0. The average molecular weight is 169 g/mol. The van der Waals surface area contributed by atoms with Gasteiger partial charge in [0, 0.05) is 0 Å². The lowest BCUT2D eigenvalue weighted by atomic mass is 10.2. The van der Waals surface area contributed by atoms with Crippen LogP contribution in [0.2, 0.25) is 0 Å². The predicted octanol–water partition coefficient (Wildman–Crippen LogP) is 0.351. The molecule has 0 radical (unpaired) electrons. The van der Waals surface area contributed by atoms with Gasteiger partial charge >= 0.3 is 12.1 Å². The Morgan fingerprint density at radius 3 is 2.18 bits per heavy atom. The van der Waals surface area contributed by atoms with Crippen LogP contribution in [0, 0.1) is 5.92 Å². The third kappa shape index (κ3) is 1.18. The summed E-state index contributed by atoms with van der Waals surface area (Å²) in [4.78, 5) is 10.1. The van der Waals surface area contributed by atoms with Gasteiger partial charge in [0.25, 0.3) is 0 Å². The molecule has 1 aliphatic rings. The zero-order chi connectivity index (χ0) is 8.86. The third-order valence-electron chi connectivity index (χ3n) is 1.80. The van der Waals surface area contributed by atoms with E-state index in [1.807, 2.05) is 0 Å². The van der Waals surface area contributed by atoms with Crippen LogP contribution >= 0.6 is 0 Å². The van der Waals surface area contributed by atoms with Crippen molar-refractivity contribution in [1.82, 2.24) is 0 Å². The van der Waals surface area contributed by atoms with E-state index in [-0.39, 0.29) is 0 Å². The predicted molar refractivity (Wildman–Crippen MR) is 28.7 cm³/mol. The van der Waals surface area contributed by atoms with Gasteiger partial charge < -0.3 is 10.8 Å². The molecule has 1 rings (SSSR count). The van der Waals surface area contributed by atoms with Gasteiger partial charge in [-0.15, -0.1) is 0 Å². The zero-order valence-electron chi connectivity index (χ0n) is 5.35. The first kappa shape index (κ1) is 8.32. The lowest BCUT2D eigenvalue weighted by Crippen LogP contribution is -2.38. The lowest BCUT2D eigenvalue weighted by molar-refractivity contribution is -0.161. The highest BCUT2D eigenvalue weighted by atomic mass is 19.4. The van der Waals surface area contributed by atoms with Gasteiger partial charge in [-0.05, 0) is 6.42 Å². The molecule has 0 spiro atoms. The molecule has 64 valence electrons. The Balaban J connectivity index is 2.68. The Morgan fingerprint density at radius 1 is 1.64 bits per heavy atom. The van der Waals surface area contributed by atoms with E-state index in [4.69, 9.17) is 10.8 Å². The average Bonchev–Trinajstić information content (AvgIpc) is 2.41. The molecule has 6 heteroatoms. The van der Waals surface area contributed by atoms with Crippen molar-refractivity contribution in [3.8, 4) is 0 Å². The summed E-state index contributed by atoms with van der Waals surface area (Å²) < 4.78 is 35.3. The number of carboxylic acid groups (broad SMARTS) is 1. The topological polar surface area (TPSA) is 63.3 Å². The molecule has 0 heterocycles. The molecule has 11 heavy (non-hydrogen) atoms. The summed E-state index contributed by atoms with van der Waals surface area (Å²) in [5, 5.41) is 8.22. The van der Waals surface area contributed by atoms with E-state index >= 15 is 0 Å². The molecule has 1 fully saturated rings. The first-order chi connectivity index (χ1) is 4.78. The maximum atomic E-state index is 11.8. The van der Waals surface area contributed by atoms with Crippen molar-refractivity contribution in [1.29, 1.82) is 0 Å². The van der Waals surface area contributed by atoms with Crippen LogP contribution in [0.15, 0.2) is 0 Å². The van der Waals surface area contributed by atoms with Crippen LogP contribution in [0.1, 0.15) is 6.42 Å². The SMILES string of the molecule is NC1(C(=O)O)CC1C(F)(F)F. The lowest BCUT2D eigenvalue weighted by Gasteiger charge is -2.07. The molecular formula is C5H6F3NO2. The van der Waals surface area contributed by atoms with Gasteiger partial charge in [0.15, 0.2) is 0 Å². The summed E-state index contributed by atoms with van der Waals surface area (Å²) in [6, 6.07) is 0. The normalized spacial score (nSPS) is 36.9. The molecule has 0 aromatic heterocycles. The second kappa shape index (κ2) is 1.88. The van der Waals surface area contributed by atoms with Crippen molar-refractivity contribution in [3.05, 3.63) is 0 Å². The van der Waals surface area contributed by atoms with Crippen LogP contribution in [-0.4, -0.2) is 22.8 Å². The first-order valence-electron chi connectivity index (χ1n) is 2.87. The number of aliphatic carboxylic acids is 1. The quantitative estimate of drug-likeness (QED) is 0.595. The number of hydrogen-bond donors (Lipinski definition) is 2. The Labute approximate surface area is 60.0 Å². The van der Waals surface area contributed by atoms with E-state index in [0.717, 1.165) is 0 Å². The van der Waals surface area contributed by atoms with Crippen LogP contribution in [0.4, 0.5) is 13.2 Å². The number of nitrogens with two attached hydrogens (primary N) is 1. The fourth-order valence-corrected chi connectivity index (χ4v) is 0.923. The number of rotatable bonds is 1. The summed E-state index contributed by atoms with van der Waals surface area (Å²) in [7, 11) is 0. The molecule has 3 N–H and O–H groups in total. The molecule has 0 aliphatic heterocycles. The van der Waals surface area contributed by atoms with Crippen molar-refractivity contribution in [2.45, 2.75) is 18.1 Å². The fourth-order valence-electron chi connectivity index (χ4n) is 0.923. The van der Waals surface area contributed by atoms with Gasteiger partial charge in [-0.25, -0.2) is 0 Å². The van der Waals surface area contributed by atoms with Crippen LogP contribution in [-0.2, 0) is 4.79 Å². The molecule has 0 amide bonds. The molecule has 3 nitrogen and oxygen atoms in total. The molecule has 0 aromatic carbocycles. The molecule has 2 atom stereocenters. The van der Waals surface area contributed by atoms with Crippen LogP contribution in [0.5, 0.6) is 0 Å². The van der Waals surface area contributed by atoms with Gasteiger partial charge in [0.05, 0.1) is 5.92 Å². The highest BCUT2D eigenvalue weighted by Gasteiger charge is 2.69. The van der Waals surface area contributed by atoms with E-state index < -0.39 is 30.0 Å². The zero-order valence-corrected chi connectivity index (χ0v) is 5.35. The van der Waals surface area contributed by atoms with E-state index in [1.54, 1.807) is 0 Å². The molecule has 0 bridgehead atoms. The third-order valence-corrected chi connectivity index (χ3v) is 1.80. The Hall–Kier alpha value is -0.780. The van der Waals surface area contributed by atoms with Gasteiger partial charge in [0.1, 0.15) is 5.54 Å². The van der Waals surface area contributed by atoms with Crippen molar-refractivity contribution in [2.75, 3.05) is 0 Å². The fraction of sp³-hybridized carbons (Fsp3) is 0.800. The molecule has 2 unspecified atom stereocenters. The number of halogens is 3. The van der Waals surface area contributed by atoms with Crippen LogP contribution in [0.25, 0.3) is 0 Å². The Morgan fingerprint density at radius 2 is 2.09 bits per heavy atom. The van der Waals surface area contributed by atoms with Gasteiger partial charge in [0.2, 0.25) is 0 Å².